The lowest BCUT2D eigenvalue weighted by molar-refractivity contribution is 0.405. The molecule has 0 spiro atoms. The molecule has 0 aromatic carbocycles. The monoisotopic (exact) mass is 364 g/mol. The van der Waals surface area contributed by atoms with Gasteiger partial charge in [0.15, 0.2) is 0 Å². The van der Waals surface area contributed by atoms with Crippen molar-refractivity contribution in [1.82, 2.24) is 4.31 Å². The van der Waals surface area contributed by atoms with Crippen LogP contribution in [0, 0.1) is 5.92 Å². The van der Waals surface area contributed by atoms with Crippen molar-refractivity contribution in [2.75, 3.05) is 13.1 Å². The minimum atomic E-state index is -3.57. The number of thiophene rings is 1. The number of sulfonamides is 1. The van der Waals surface area contributed by atoms with Crippen molar-refractivity contribution in [3.63, 3.8) is 0 Å². The molecule has 1 saturated heterocycles. The third kappa shape index (κ3) is 3.37. The first-order chi connectivity index (χ1) is 8.36. The van der Waals surface area contributed by atoms with Crippen LogP contribution in [0.1, 0.15) is 13.3 Å². The average Bonchev–Trinajstić information content (AvgIpc) is 2.82. The molecule has 1 fully saturated rings. The highest BCUT2D eigenvalue weighted by Crippen LogP contribution is 2.38. The van der Waals surface area contributed by atoms with Crippen molar-refractivity contribution in [3.8, 4) is 0 Å². The van der Waals surface area contributed by atoms with Gasteiger partial charge in [0.05, 0.1) is 4.34 Å². The first-order valence-corrected chi connectivity index (χ1v) is 8.54. The Bertz CT molecular complexity index is 547. The van der Waals surface area contributed by atoms with E-state index in [0.29, 0.717) is 17.4 Å². The molecular formula is C10H15Cl3N2O2S2. The maximum absolute atomic E-state index is 12.5. The summed E-state index contributed by atoms with van der Waals surface area (Å²) >= 11 is 12.8. The van der Waals surface area contributed by atoms with Crippen LogP contribution < -0.4 is 5.73 Å². The molecule has 2 rings (SSSR count). The summed E-state index contributed by atoms with van der Waals surface area (Å²) in [6.45, 7) is 2.83. The summed E-state index contributed by atoms with van der Waals surface area (Å²) in [5.74, 6) is 0.211. The second kappa shape index (κ2) is 6.47. The molecule has 2 atom stereocenters. The number of nitrogens with two attached hydrogens (primary N) is 1. The number of hydrogen-bond acceptors (Lipinski definition) is 4. The van der Waals surface area contributed by atoms with E-state index < -0.39 is 10.0 Å². The molecule has 0 amide bonds. The Morgan fingerprint density at radius 2 is 2.16 bits per heavy atom. The number of rotatable bonds is 3. The Labute approximate surface area is 133 Å². The standard InChI is InChI=1S/C10H14Cl2N2O2S2.ClH/c1-6-2-7(4-13)5-14(6)18(15,16)8-3-9(11)17-10(8)12;/h3,6-7H,2,4-5,13H2,1H3;1H. The van der Waals surface area contributed by atoms with E-state index >= 15 is 0 Å². The largest absolute Gasteiger partial charge is 0.330 e. The van der Waals surface area contributed by atoms with E-state index in [9.17, 15) is 8.42 Å². The molecule has 1 aliphatic rings. The van der Waals surface area contributed by atoms with Crippen LogP contribution in [0.3, 0.4) is 0 Å². The van der Waals surface area contributed by atoms with Crippen LogP contribution in [0.15, 0.2) is 11.0 Å². The van der Waals surface area contributed by atoms with E-state index in [1.54, 1.807) is 0 Å². The molecule has 2 N–H and O–H groups in total. The van der Waals surface area contributed by atoms with E-state index in [-0.39, 0.29) is 33.6 Å². The van der Waals surface area contributed by atoms with Gasteiger partial charge in [-0.15, -0.1) is 23.7 Å². The lowest BCUT2D eigenvalue weighted by Gasteiger charge is -2.20. The summed E-state index contributed by atoms with van der Waals surface area (Å²) in [5, 5.41) is 0. The summed E-state index contributed by atoms with van der Waals surface area (Å²) in [4.78, 5) is 0.101. The Morgan fingerprint density at radius 3 is 2.58 bits per heavy atom. The summed E-state index contributed by atoms with van der Waals surface area (Å²) in [6.07, 6.45) is 0.783. The Hall–Kier alpha value is 0.440. The molecule has 110 valence electrons. The van der Waals surface area contributed by atoms with Gasteiger partial charge in [-0.3, -0.25) is 0 Å². The SMILES string of the molecule is CC1CC(CN)CN1S(=O)(=O)c1cc(Cl)sc1Cl.Cl. The van der Waals surface area contributed by atoms with Gasteiger partial charge in [-0.25, -0.2) is 8.42 Å². The summed E-state index contributed by atoms with van der Waals surface area (Å²) < 4.78 is 27.0. The molecule has 1 aromatic heterocycles. The van der Waals surface area contributed by atoms with Gasteiger partial charge in [0, 0.05) is 12.6 Å². The van der Waals surface area contributed by atoms with Crippen LogP contribution >= 0.6 is 46.9 Å². The molecule has 19 heavy (non-hydrogen) atoms. The molecular weight excluding hydrogens is 351 g/mol. The molecule has 4 nitrogen and oxygen atoms in total. The van der Waals surface area contributed by atoms with Crippen LogP contribution in [0.4, 0.5) is 0 Å². The topological polar surface area (TPSA) is 63.4 Å². The predicted molar refractivity (Wildman–Crippen MR) is 82.1 cm³/mol. The highest BCUT2D eigenvalue weighted by atomic mass is 35.5. The fourth-order valence-corrected chi connectivity index (χ4v) is 6.07. The van der Waals surface area contributed by atoms with Crippen molar-refractivity contribution >= 4 is 57.0 Å². The molecule has 1 aromatic rings. The Morgan fingerprint density at radius 1 is 1.53 bits per heavy atom. The fraction of sp³-hybridized carbons (Fsp3) is 0.600. The molecule has 0 aliphatic carbocycles. The van der Waals surface area contributed by atoms with Gasteiger partial charge in [-0.05, 0) is 31.9 Å². The lowest BCUT2D eigenvalue weighted by Crippen LogP contribution is -2.34. The first kappa shape index (κ1) is 17.5. The van der Waals surface area contributed by atoms with E-state index in [4.69, 9.17) is 28.9 Å². The van der Waals surface area contributed by atoms with Crippen molar-refractivity contribution < 1.29 is 8.42 Å². The zero-order valence-electron chi connectivity index (χ0n) is 10.2. The van der Waals surface area contributed by atoms with Gasteiger partial charge in [0.25, 0.3) is 0 Å². The van der Waals surface area contributed by atoms with Crippen molar-refractivity contribution in [2.24, 2.45) is 11.7 Å². The van der Waals surface area contributed by atoms with Crippen LogP contribution in [-0.2, 0) is 10.0 Å². The number of hydrogen-bond donors (Lipinski definition) is 1. The molecule has 2 unspecified atom stereocenters. The highest BCUT2D eigenvalue weighted by Gasteiger charge is 2.38. The zero-order valence-corrected chi connectivity index (χ0v) is 14.1. The van der Waals surface area contributed by atoms with E-state index in [0.717, 1.165) is 17.8 Å². The Kier molecular flexibility index (Phi) is 5.96. The first-order valence-electron chi connectivity index (χ1n) is 5.53. The van der Waals surface area contributed by atoms with Crippen molar-refractivity contribution in [3.05, 3.63) is 14.7 Å². The van der Waals surface area contributed by atoms with Crippen LogP contribution in [0.2, 0.25) is 8.67 Å². The second-order valence-electron chi connectivity index (χ2n) is 4.45. The minimum Gasteiger partial charge on any atom is -0.330 e. The van der Waals surface area contributed by atoms with E-state index in [1.165, 1.54) is 10.4 Å². The van der Waals surface area contributed by atoms with Crippen molar-refractivity contribution in [1.29, 1.82) is 0 Å². The lowest BCUT2D eigenvalue weighted by atomic mass is 10.1. The summed E-state index contributed by atoms with van der Waals surface area (Å²) in [6, 6.07) is 1.35. The maximum Gasteiger partial charge on any atom is 0.245 e. The molecule has 0 radical (unpaired) electrons. The van der Waals surface area contributed by atoms with Crippen molar-refractivity contribution in [2.45, 2.75) is 24.3 Å². The van der Waals surface area contributed by atoms with E-state index in [1.807, 2.05) is 6.92 Å². The quantitative estimate of drug-likeness (QED) is 0.896. The Balaban J connectivity index is 0.00000180. The maximum atomic E-state index is 12.5. The van der Waals surface area contributed by atoms with Gasteiger partial charge in [0.2, 0.25) is 10.0 Å². The minimum absolute atomic E-state index is 0. The summed E-state index contributed by atoms with van der Waals surface area (Å²) in [7, 11) is -3.57. The molecule has 0 saturated carbocycles. The summed E-state index contributed by atoms with van der Waals surface area (Å²) in [5.41, 5.74) is 5.61. The van der Waals surface area contributed by atoms with Crippen LogP contribution in [-0.4, -0.2) is 31.9 Å². The normalized spacial score (nSPS) is 24.4. The molecule has 2 heterocycles. The van der Waals surface area contributed by atoms with Crippen LogP contribution in [0.25, 0.3) is 0 Å². The second-order valence-corrected chi connectivity index (χ2v) is 8.59. The third-order valence-electron chi connectivity index (χ3n) is 3.15. The molecule has 0 bridgehead atoms. The number of halogens is 3. The zero-order chi connectivity index (χ0) is 13.5. The molecule has 9 heteroatoms. The third-order valence-corrected chi connectivity index (χ3v) is 6.88. The smallest absolute Gasteiger partial charge is 0.245 e. The number of nitrogens with zero attached hydrogens (tertiary/aromatic N) is 1. The van der Waals surface area contributed by atoms with Gasteiger partial charge < -0.3 is 5.73 Å². The molecule has 1 aliphatic heterocycles. The van der Waals surface area contributed by atoms with Gasteiger partial charge in [-0.1, -0.05) is 23.2 Å². The fourth-order valence-electron chi connectivity index (χ4n) is 2.24. The van der Waals surface area contributed by atoms with Gasteiger partial charge in [-0.2, -0.15) is 4.31 Å². The predicted octanol–water partition coefficient (Wildman–Crippen LogP) is 2.83. The average molecular weight is 366 g/mol. The highest BCUT2D eigenvalue weighted by molar-refractivity contribution is 7.89. The van der Waals surface area contributed by atoms with E-state index in [2.05, 4.69) is 0 Å². The van der Waals surface area contributed by atoms with Gasteiger partial charge >= 0.3 is 0 Å². The van der Waals surface area contributed by atoms with Crippen LogP contribution in [0.5, 0.6) is 0 Å². The van der Waals surface area contributed by atoms with Gasteiger partial charge in [0.1, 0.15) is 9.23 Å².